The molecule has 0 heterocycles. The average molecular weight is 647 g/mol. The van der Waals surface area contributed by atoms with Crippen LogP contribution in [0.3, 0.4) is 0 Å². The van der Waals surface area contributed by atoms with Crippen molar-refractivity contribution < 1.29 is 18.9 Å². The standard InChI is InChI=1S/C22H32O2.C21H34O2/c1-4-15(2)20-5-6-21(16(3)7-20)23-14-24-22-11-17-8-18(12-22)10-19(9-17)13-22;1-5-16(2)20-11-12-21(17(3)15-20)23-18(4)22-14-13-19-9-7-6-8-10-19/h5-7,15,17-19H,4,8-14H2,1-3H3;11-12,15-16,18-19H,5-10,13-14H2,1-4H3. The van der Waals surface area contributed by atoms with E-state index in [1.807, 2.05) is 6.92 Å². The highest BCUT2D eigenvalue weighted by molar-refractivity contribution is 5.38. The van der Waals surface area contributed by atoms with Crippen LogP contribution in [-0.4, -0.2) is 25.3 Å². The summed E-state index contributed by atoms with van der Waals surface area (Å²) in [4.78, 5) is 0. The van der Waals surface area contributed by atoms with Crippen LogP contribution in [0.1, 0.15) is 159 Å². The summed E-state index contributed by atoms with van der Waals surface area (Å²) >= 11 is 0. The Bertz CT molecular complexity index is 1210. The molecule has 0 spiro atoms. The Kier molecular flexibility index (Phi) is 13.2. The second-order valence-electron chi connectivity index (χ2n) is 16.0. The minimum absolute atomic E-state index is 0.138. The van der Waals surface area contributed by atoms with Gasteiger partial charge in [-0.05, 0) is 148 Å². The maximum Gasteiger partial charge on any atom is 0.196 e. The maximum absolute atomic E-state index is 6.38. The molecule has 4 bridgehead atoms. The van der Waals surface area contributed by atoms with Gasteiger partial charge in [-0.2, -0.15) is 0 Å². The fourth-order valence-corrected chi connectivity index (χ4v) is 9.24. The van der Waals surface area contributed by atoms with Gasteiger partial charge in [0.1, 0.15) is 11.5 Å². The van der Waals surface area contributed by atoms with E-state index in [1.165, 1.54) is 112 Å². The molecule has 5 fully saturated rings. The lowest BCUT2D eigenvalue weighted by molar-refractivity contribution is -0.190. The molecule has 7 rings (SSSR count). The van der Waals surface area contributed by atoms with E-state index in [-0.39, 0.29) is 11.9 Å². The van der Waals surface area contributed by atoms with Crippen LogP contribution < -0.4 is 9.47 Å². The molecule has 3 atom stereocenters. The van der Waals surface area contributed by atoms with E-state index in [0.29, 0.717) is 18.6 Å². The van der Waals surface area contributed by atoms with E-state index in [2.05, 4.69) is 77.9 Å². The number of benzene rings is 2. The summed E-state index contributed by atoms with van der Waals surface area (Å²) in [6.07, 6.45) is 18.5. The molecule has 4 heteroatoms. The molecule has 0 radical (unpaired) electrons. The number of aryl methyl sites for hydroxylation is 2. The zero-order valence-electron chi connectivity index (χ0n) is 31.0. The lowest BCUT2D eigenvalue weighted by Gasteiger charge is -2.56. The summed E-state index contributed by atoms with van der Waals surface area (Å²) in [5.41, 5.74) is 5.36. The summed E-state index contributed by atoms with van der Waals surface area (Å²) in [5.74, 6) is 6.78. The molecule has 0 amide bonds. The molecule has 47 heavy (non-hydrogen) atoms. The van der Waals surface area contributed by atoms with Crippen LogP contribution in [0.25, 0.3) is 0 Å². The third-order valence-corrected chi connectivity index (χ3v) is 12.2. The van der Waals surface area contributed by atoms with Crippen LogP contribution in [0.5, 0.6) is 11.5 Å². The fraction of sp³-hybridized carbons (Fsp3) is 0.721. The molecule has 2 aromatic rings. The molecule has 5 saturated carbocycles. The lowest BCUT2D eigenvalue weighted by atomic mass is 9.54. The molecule has 2 aromatic carbocycles. The van der Waals surface area contributed by atoms with E-state index in [0.717, 1.165) is 41.8 Å². The molecule has 0 saturated heterocycles. The molecular weight excluding hydrogens is 580 g/mol. The smallest absolute Gasteiger partial charge is 0.196 e. The number of rotatable bonds is 14. The highest BCUT2D eigenvalue weighted by Crippen LogP contribution is 2.57. The van der Waals surface area contributed by atoms with E-state index in [4.69, 9.17) is 18.9 Å². The Balaban J connectivity index is 0.000000185. The van der Waals surface area contributed by atoms with Gasteiger partial charge in [-0.3, -0.25) is 0 Å². The van der Waals surface area contributed by atoms with Crippen LogP contribution >= 0.6 is 0 Å². The fourth-order valence-electron chi connectivity index (χ4n) is 9.24. The van der Waals surface area contributed by atoms with E-state index >= 15 is 0 Å². The highest BCUT2D eigenvalue weighted by Gasteiger charge is 2.51. The van der Waals surface area contributed by atoms with Gasteiger partial charge in [0.15, 0.2) is 13.1 Å². The maximum atomic E-state index is 6.38. The van der Waals surface area contributed by atoms with Gasteiger partial charge in [-0.1, -0.05) is 84.1 Å². The minimum atomic E-state index is -0.174. The van der Waals surface area contributed by atoms with E-state index < -0.39 is 0 Å². The normalized spacial score (nSPS) is 27.1. The van der Waals surface area contributed by atoms with Crippen molar-refractivity contribution in [3.63, 3.8) is 0 Å². The van der Waals surface area contributed by atoms with Gasteiger partial charge in [0.25, 0.3) is 0 Å². The Labute approximate surface area is 287 Å². The average Bonchev–Trinajstić information content (AvgIpc) is 3.05. The van der Waals surface area contributed by atoms with Gasteiger partial charge in [0, 0.05) is 0 Å². The quantitative estimate of drug-likeness (QED) is 0.191. The van der Waals surface area contributed by atoms with Crippen LogP contribution in [0, 0.1) is 37.5 Å². The lowest BCUT2D eigenvalue weighted by Crippen LogP contribution is -2.52. The zero-order chi connectivity index (χ0) is 33.4. The number of ether oxygens (including phenoxy) is 4. The molecular formula is C43H66O4. The Morgan fingerprint density at radius 3 is 1.77 bits per heavy atom. The van der Waals surface area contributed by atoms with Gasteiger partial charge in [-0.15, -0.1) is 0 Å². The second kappa shape index (κ2) is 17.1. The molecule has 5 aliphatic rings. The third kappa shape index (κ3) is 10.0. The van der Waals surface area contributed by atoms with Crippen molar-refractivity contribution in [1.82, 2.24) is 0 Å². The van der Waals surface area contributed by atoms with Crippen LogP contribution in [-0.2, 0) is 9.47 Å². The van der Waals surface area contributed by atoms with Gasteiger partial charge in [-0.25, -0.2) is 0 Å². The Hall–Kier alpha value is -2.04. The first-order valence-electron chi connectivity index (χ1n) is 19.4. The summed E-state index contributed by atoms with van der Waals surface area (Å²) in [6.45, 7) is 16.5. The van der Waals surface area contributed by atoms with Crippen molar-refractivity contribution in [3.05, 3.63) is 58.7 Å². The van der Waals surface area contributed by atoms with Crippen LogP contribution in [0.2, 0.25) is 0 Å². The topological polar surface area (TPSA) is 36.9 Å². The van der Waals surface area contributed by atoms with Crippen LogP contribution in [0.4, 0.5) is 0 Å². The summed E-state index contributed by atoms with van der Waals surface area (Å²) < 4.78 is 24.3. The molecule has 3 unspecified atom stereocenters. The summed E-state index contributed by atoms with van der Waals surface area (Å²) in [6, 6.07) is 13.1. The van der Waals surface area contributed by atoms with Crippen LogP contribution in [0.15, 0.2) is 36.4 Å². The number of hydrogen-bond acceptors (Lipinski definition) is 4. The first-order chi connectivity index (χ1) is 22.7. The van der Waals surface area contributed by atoms with E-state index in [1.54, 1.807) is 0 Å². The van der Waals surface area contributed by atoms with Gasteiger partial charge < -0.3 is 18.9 Å². The van der Waals surface area contributed by atoms with Crippen molar-refractivity contribution in [2.45, 2.75) is 162 Å². The second-order valence-corrected chi connectivity index (χ2v) is 16.0. The highest BCUT2D eigenvalue weighted by atomic mass is 16.7. The monoisotopic (exact) mass is 646 g/mol. The minimum Gasteiger partial charge on any atom is -0.467 e. The molecule has 0 aromatic heterocycles. The predicted octanol–water partition coefficient (Wildman–Crippen LogP) is 12.1. The van der Waals surface area contributed by atoms with Crippen molar-refractivity contribution in [3.8, 4) is 11.5 Å². The first-order valence-corrected chi connectivity index (χ1v) is 19.4. The summed E-state index contributed by atoms with van der Waals surface area (Å²) in [5, 5.41) is 0. The van der Waals surface area contributed by atoms with Crippen molar-refractivity contribution >= 4 is 0 Å². The van der Waals surface area contributed by atoms with Gasteiger partial charge in [0.2, 0.25) is 0 Å². The first kappa shape index (κ1) is 36.2. The third-order valence-electron chi connectivity index (χ3n) is 12.2. The van der Waals surface area contributed by atoms with E-state index in [9.17, 15) is 0 Å². The molecule has 5 aliphatic carbocycles. The van der Waals surface area contributed by atoms with Gasteiger partial charge in [0.05, 0.1) is 12.2 Å². The largest absolute Gasteiger partial charge is 0.467 e. The van der Waals surface area contributed by atoms with Gasteiger partial charge >= 0.3 is 0 Å². The number of hydrogen-bond donors (Lipinski definition) is 0. The van der Waals surface area contributed by atoms with Crippen molar-refractivity contribution in [2.75, 3.05) is 13.4 Å². The molecule has 262 valence electrons. The zero-order valence-corrected chi connectivity index (χ0v) is 31.0. The Morgan fingerprint density at radius 1 is 0.723 bits per heavy atom. The molecule has 4 nitrogen and oxygen atoms in total. The van der Waals surface area contributed by atoms with Crippen molar-refractivity contribution in [1.29, 1.82) is 0 Å². The predicted molar refractivity (Wildman–Crippen MR) is 194 cm³/mol. The Morgan fingerprint density at radius 2 is 1.26 bits per heavy atom. The van der Waals surface area contributed by atoms with Crippen molar-refractivity contribution in [2.24, 2.45) is 23.7 Å². The summed E-state index contributed by atoms with van der Waals surface area (Å²) in [7, 11) is 0. The molecule has 0 N–H and O–H groups in total. The SMILES string of the molecule is CCC(C)c1ccc(OC(C)OCCC2CCCCC2)c(C)c1.CCC(C)c1ccc(OCOC23CC4CC(CC(C4)C2)C3)c(C)c1. The molecule has 0 aliphatic heterocycles.